The predicted octanol–water partition coefficient (Wildman–Crippen LogP) is 3.16. The lowest BCUT2D eigenvalue weighted by atomic mass is 10.3. The first-order chi connectivity index (χ1) is 10.6. The third kappa shape index (κ3) is 3.19. The second-order valence-corrected chi connectivity index (χ2v) is 7.99. The molecule has 0 unspecified atom stereocenters. The van der Waals surface area contributed by atoms with Crippen LogP contribution < -0.4 is 0 Å². The molecule has 116 valence electrons. The van der Waals surface area contributed by atoms with Crippen molar-refractivity contribution in [2.75, 3.05) is 6.26 Å². The number of rotatable bonds is 6. The highest BCUT2D eigenvalue weighted by atomic mass is 32.2. The molecule has 3 rings (SSSR count). The molecule has 0 atom stereocenters. The molecular formula is C16H18N2O2S2. The van der Waals surface area contributed by atoms with E-state index in [0.29, 0.717) is 11.4 Å². The summed E-state index contributed by atoms with van der Waals surface area (Å²) in [5.41, 5.74) is 0.965. The van der Waals surface area contributed by atoms with Gasteiger partial charge < -0.3 is 0 Å². The van der Waals surface area contributed by atoms with Gasteiger partial charge in [-0.15, -0.1) is 11.8 Å². The SMILES string of the molecule is CSc1ccccc1S(=O)(=O)N(Cc1ccncc1)C1CC1. The molecule has 0 spiro atoms. The van der Waals surface area contributed by atoms with Crippen molar-refractivity contribution in [1.82, 2.24) is 9.29 Å². The fourth-order valence-corrected chi connectivity index (χ4v) is 5.20. The Bertz CT molecular complexity index is 744. The summed E-state index contributed by atoms with van der Waals surface area (Å²) in [6.07, 6.45) is 7.17. The maximum Gasteiger partial charge on any atom is 0.244 e. The summed E-state index contributed by atoms with van der Waals surface area (Å²) >= 11 is 1.46. The standard InChI is InChI=1S/C16H18N2O2S2/c1-21-15-4-2-3-5-16(15)22(19,20)18(14-6-7-14)12-13-8-10-17-11-9-13/h2-5,8-11,14H,6-7,12H2,1H3. The van der Waals surface area contributed by atoms with Crippen LogP contribution in [0.15, 0.2) is 58.6 Å². The van der Waals surface area contributed by atoms with Crippen LogP contribution in [0.2, 0.25) is 0 Å². The van der Waals surface area contributed by atoms with Crippen LogP contribution in [-0.2, 0) is 16.6 Å². The summed E-state index contributed by atoms with van der Waals surface area (Å²) in [7, 11) is -3.49. The molecule has 1 aromatic heterocycles. The average molecular weight is 334 g/mol. The van der Waals surface area contributed by atoms with Gasteiger partial charge in [0.05, 0.1) is 4.90 Å². The first-order valence-corrected chi connectivity index (χ1v) is 9.83. The first-order valence-electron chi connectivity index (χ1n) is 7.16. The van der Waals surface area contributed by atoms with Crippen LogP contribution in [0.3, 0.4) is 0 Å². The zero-order chi connectivity index (χ0) is 15.6. The number of benzene rings is 1. The van der Waals surface area contributed by atoms with E-state index in [1.165, 1.54) is 11.8 Å². The van der Waals surface area contributed by atoms with Crippen molar-refractivity contribution >= 4 is 21.8 Å². The molecule has 0 N–H and O–H groups in total. The highest BCUT2D eigenvalue weighted by Gasteiger charge is 2.38. The van der Waals surface area contributed by atoms with Crippen LogP contribution in [0.25, 0.3) is 0 Å². The first kappa shape index (κ1) is 15.5. The van der Waals surface area contributed by atoms with E-state index >= 15 is 0 Å². The molecule has 1 saturated carbocycles. The Kier molecular flexibility index (Phi) is 4.52. The normalized spacial score (nSPS) is 15.2. The predicted molar refractivity (Wildman–Crippen MR) is 88.2 cm³/mol. The maximum absolute atomic E-state index is 13.1. The Morgan fingerprint density at radius 3 is 2.50 bits per heavy atom. The lowest BCUT2D eigenvalue weighted by Gasteiger charge is -2.23. The van der Waals surface area contributed by atoms with E-state index in [2.05, 4.69) is 4.98 Å². The number of hydrogen-bond donors (Lipinski definition) is 0. The monoisotopic (exact) mass is 334 g/mol. The van der Waals surface area contributed by atoms with E-state index in [9.17, 15) is 8.42 Å². The molecule has 2 aromatic rings. The van der Waals surface area contributed by atoms with E-state index in [1.54, 1.807) is 28.8 Å². The van der Waals surface area contributed by atoms with Crippen LogP contribution in [0.5, 0.6) is 0 Å². The molecule has 1 aromatic carbocycles. The molecule has 1 heterocycles. The molecule has 22 heavy (non-hydrogen) atoms. The summed E-state index contributed by atoms with van der Waals surface area (Å²) < 4.78 is 27.8. The highest BCUT2D eigenvalue weighted by molar-refractivity contribution is 7.99. The lowest BCUT2D eigenvalue weighted by molar-refractivity contribution is 0.397. The van der Waals surface area contributed by atoms with Gasteiger partial charge in [-0.2, -0.15) is 4.31 Å². The van der Waals surface area contributed by atoms with Gasteiger partial charge in [0.2, 0.25) is 10.0 Å². The molecule has 1 fully saturated rings. The van der Waals surface area contributed by atoms with Gasteiger partial charge in [-0.1, -0.05) is 12.1 Å². The van der Waals surface area contributed by atoms with E-state index in [4.69, 9.17) is 0 Å². The number of nitrogens with zero attached hydrogens (tertiary/aromatic N) is 2. The minimum absolute atomic E-state index is 0.119. The Morgan fingerprint density at radius 1 is 1.18 bits per heavy atom. The van der Waals surface area contributed by atoms with Gasteiger partial charge in [-0.25, -0.2) is 8.42 Å². The van der Waals surface area contributed by atoms with Gasteiger partial charge in [0, 0.05) is 29.9 Å². The van der Waals surface area contributed by atoms with Crippen LogP contribution in [0, 0.1) is 0 Å². The van der Waals surface area contributed by atoms with Crippen molar-refractivity contribution in [1.29, 1.82) is 0 Å². The van der Waals surface area contributed by atoms with Crippen LogP contribution in [-0.4, -0.2) is 30.0 Å². The largest absolute Gasteiger partial charge is 0.265 e. The molecule has 0 radical (unpaired) electrons. The minimum atomic E-state index is -3.49. The van der Waals surface area contributed by atoms with Gasteiger partial charge in [0.1, 0.15) is 0 Å². The Labute approximate surface area is 135 Å². The quantitative estimate of drug-likeness (QED) is 0.762. The van der Waals surface area contributed by atoms with Crippen LogP contribution in [0.4, 0.5) is 0 Å². The fraction of sp³-hybridized carbons (Fsp3) is 0.312. The Hall–Kier alpha value is -1.37. The third-order valence-corrected chi connectivity index (χ3v) is 6.58. The summed E-state index contributed by atoms with van der Waals surface area (Å²) in [4.78, 5) is 5.19. The number of thioether (sulfide) groups is 1. The third-order valence-electron chi connectivity index (χ3n) is 3.70. The molecule has 6 heteroatoms. The van der Waals surface area contributed by atoms with Crippen molar-refractivity contribution in [3.8, 4) is 0 Å². The van der Waals surface area contributed by atoms with Crippen molar-refractivity contribution in [2.45, 2.75) is 35.2 Å². The van der Waals surface area contributed by atoms with Crippen molar-refractivity contribution in [2.24, 2.45) is 0 Å². The number of sulfonamides is 1. The second kappa shape index (κ2) is 6.40. The second-order valence-electron chi connectivity index (χ2n) is 5.29. The van der Waals surface area contributed by atoms with Gasteiger partial charge in [-0.05, 0) is 48.9 Å². The smallest absolute Gasteiger partial charge is 0.244 e. The molecule has 0 saturated heterocycles. The molecule has 0 bridgehead atoms. The van der Waals surface area contributed by atoms with Gasteiger partial charge in [-0.3, -0.25) is 4.98 Å². The minimum Gasteiger partial charge on any atom is -0.265 e. The van der Waals surface area contributed by atoms with Crippen molar-refractivity contribution < 1.29 is 8.42 Å². The van der Waals surface area contributed by atoms with Crippen LogP contribution in [0.1, 0.15) is 18.4 Å². The lowest BCUT2D eigenvalue weighted by Crippen LogP contribution is -2.33. The number of aromatic nitrogens is 1. The van der Waals surface area contributed by atoms with E-state index in [0.717, 1.165) is 23.3 Å². The zero-order valence-electron chi connectivity index (χ0n) is 12.3. The van der Waals surface area contributed by atoms with Crippen LogP contribution >= 0.6 is 11.8 Å². The topological polar surface area (TPSA) is 50.3 Å². The Morgan fingerprint density at radius 2 is 1.86 bits per heavy atom. The summed E-state index contributed by atoms with van der Waals surface area (Å²) in [6.45, 7) is 0.401. The van der Waals surface area contributed by atoms with E-state index in [-0.39, 0.29) is 6.04 Å². The highest BCUT2D eigenvalue weighted by Crippen LogP contribution is 2.36. The van der Waals surface area contributed by atoms with Gasteiger partial charge >= 0.3 is 0 Å². The molecule has 0 aliphatic heterocycles. The van der Waals surface area contributed by atoms with Gasteiger partial charge in [0.15, 0.2) is 0 Å². The van der Waals surface area contributed by atoms with E-state index < -0.39 is 10.0 Å². The average Bonchev–Trinajstić information content (AvgIpc) is 3.38. The molecule has 1 aliphatic carbocycles. The van der Waals surface area contributed by atoms with E-state index in [1.807, 2.05) is 30.5 Å². The molecule has 1 aliphatic rings. The maximum atomic E-state index is 13.1. The van der Waals surface area contributed by atoms with Crippen molar-refractivity contribution in [3.63, 3.8) is 0 Å². The summed E-state index contributed by atoms with van der Waals surface area (Å²) in [5.74, 6) is 0. The summed E-state index contributed by atoms with van der Waals surface area (Å²) in [6, 6.07) is 11.1. The zero-order valence-corrected chi connectivity index (χ0v) is 14.0. The number of pyridine rings is 1. The van der Waals surface area contributed by atoms with Crippen molar-refractivity contribution in [3.05, 3.63) is 54.4 Å². The van der Waals surface area contributed by atoms with Gasteiger partial charge in [0.25, 0.3) is 0 Å². The molecular weight excluding hydrogens is 316 g/mol. The fourth-order valence-electron chi connectivity index (χ4n) is 2.40. The Balaban J connectivity index is 1.97. The molecule has 4 nitrogen and oxygen atoms in total. The number of hydrogen-bond acceptors (Lipinski definition) is 4. The molecule has 0 amide bonds. The summed E-state index contributed by atoms with van der Waals surface area (Å²) in [5, 5.41) is 0.